The molecule has 0 aliphatic heterocycles. The number of nitrogens with two attached hydrogens (primary N) is 1. The Balaban J connectivity index is 2.10. The third kappa shape index (κ3) is 2.08. The lowest BCUT2D eigenvalue weighted by atomic mass is 10.1. The van der Waals surface area contributed by atoms with E-state index in [9.17, 15) is 0 Å². The summed E-state index contributed by atoms with van der Waals surface area (Å²) in [6, 6.07) is 16.5. The summed E-state index contributed by atoms with van der Waals surface area (Å²) in [5.74, 6) is 0.532. The van der Waals surface area contributed by atoms with Crippen LogP contribution in [0, 0.1) is 0 Å². The lowest BCUT2D eigenvalue weighted by Crippen LogP contribution is -2.00. The van der Waals surface area contributed by atoms with E-state index in [0.717, 1.165) is 29.6 Å². The third-order valence-corrected chi connectivity index (χ3v) is 3.32. The summed E-state index contributed by atoms with van der Waals surface area (Å²) >= 11 is 0. The molecule has 1 aromatic heterocycles. The molecule has 0 radical (unpaired) electrons. The highest BCUT2D eigenvalue weighted by Crippen LogP contribution is 2.23. The molecule has 0 aliphatic rings. The van der Waals surface area contributed by atoms with Gasteiger partial charge < -0.3 is 5.73 Å². The van der Waals surface area contributed by atoms with E-state index >= 15 is 0 Å². The molecule has 3 aromatic rings. The molecule has 2 N–H and O–H groups in total. The molecule has 96 valence electrons. The molecule has 2 aromatic carbocycles. The van der Waals surface area contributed by atoms with Crippen molar-refractivity contribution in [3.05, 3.63) is 54.1 Å². The summed E-state index contributed by atoms with van der Waals surface area (Å²) in [6.45, 7) is 2.19. The van der Waals surface area contributed by atoms with Crippen LogP contribution in [0.1, 0.15) is 18.9 Å². The molecule has 3 nitrogen and oxygen atoms in total. The number of nitrogen functional groups attached to an aromatic ring is 1. The van der Waals surface area contributed by atoms with Crippen LogP contribution < -0.4 is 5.73 Å². The second-order valence-electron chi connectivity index (χ2n) is 4.71. The lowest BCUT2D eigenvalue weighted by Gasteiger charge is -2.07. The zero-order valence-corrected chi connectivity index (χ0v) is 11.0. The lowest BCUT2D eigenvalue weighted by molar-refractivity contribution is 0.920. The number of rotatable bonds is 3. The maximum absolute atomic E-state index is 6.03. The number of nitrogens with zero attached hydrogens (tertiary/aromatic N) is 2. The van der Waals surface area contributed by atoms with Gasteiger partial charge in [-0.2, -0.15) is 0 Å². The van der Waals surface area contributed by atoms with E-state index in [0.29, 0.717) is 5.95 Å². The van der Waals surface area contributed by atoms with E-state index < -0.39 is 0 Å². The van der Waals surface area contributed by atoms with E-state index in [4.69, 9.17) is 5.73 Å². The Bertz CT molecular complexity index is 696. The molecule has 0 amide bonds. The molecule has 0 unspecified atom stereocenters. The van der Waals surface area contributed by atoms with Crippen LogP contribution in [0.2, 0.25) is 0 Å². The van der Waals surface area contributed by atoms with Gasteiger partial charge in [0.25, 0.3) is 0 Å². The summed E-state index contributed by atoms with van der Waals surface area (Å²) in [4.78, 5) is 4.39. The maximum atomic E-state index is 6.03. The van der Waals surface area contributed by atoms with Crippen molar-refractivity contribution in [1.82, 2.24) is 9.55 Å². The largest absolute Gasteiger partial charge is 0.369 e. The van der Waals surface area contributed by atoms with Crippen molar-refractivity contribution in [1.29, 1.82) is 0 Å². The minimum absolute atomic E-state index is 0.532. The van der Waals surface area contributed by atoms with Gasteiger partial charge in [-0.3, -0.25) is 4.57 Å². The molecule has 0 atom stereocenters. The molecule has 1 heterocycles. The molecule has 0 fully saturated rings. The molecule has 19 heavy (non-hydrogen) atoms. The monoisotopic (exact) mass is 251 g/mol. The van der Waals surface area contributed by atoms with Crippen LogP contribution in [0.4, 0.5) is 5.95 Å². The molecule has 0 saturated heterocycles. The molecule has 0 aliphatic carbocycles. The van der Waals surface area contributed by atoms with Gasteiger partial charge in [-0.15, -0.1) is 0 Å². The number of aromatic nitrogens is 2. The van der Waals surface area contributed by atoms with Crippen LogP contribution in [0.3, 0.4) is 0 Å². The first-order valence-electron chi connectivity index (χ1n) is 6.62. The summed E-state index contributed by atoms with van der Waals surface area (Å²) in [5, 5.41) is 0. The summed E-state index contributed by atoms with van der Waals surface area (Å²) in [7, 11) is 0. The van der Waals surface area contributed by atoms with Crippen molar-refractivity contribution in [3.8, 4) is 5.69 Å². The number of anilines is 1. The predicted octanol–water partition coefficient (Wildman–Crippen LogP) is 3.56. The van der Waals surface area contributed by atoms with Crippen molar-refractivity contribution in [2.75, 3.05) is 5.73 Å². The first kappa shape index (κ1) is 11.8. The number of hydrogen-bond acceptors (Lipinski definition) is 2. The topological polar surface area (TPSA) is 43.8 Å². The van der Waals surface area contributed by atoms with Gasteiger partial charge >= 0.3 is 0 Å². The number of benzene rings is 2. The van der Waals surface area contributed by atoms with Crippen molar-refractivity contribution >= 4 is 17.0 Å². The fraction of sp³-hybridized carbons (Fsp3) is 0.188. The van der Waals surface area contributed by atoms with E-state index in [1.807, 2.05) is 28.8 Å². The highest BCUT2D eigenvalue weighted by atomic mass is 15.2. The summed E-state index contributed by atoms with van der Waals surface area (Å²) in [5.41, 5.74) is 10.4. The smallest absolute Gasteiger partial charge is 0.205 e. The summed E-state index contributed by atoms with van der Waals surface area (Å²) in [6.07, 6.45) is 2.27. The Kier molecular flexibility index (Phi) is 2.95. The van der Waals surface area contributed by atoms with Crippen LogP contribution in [-0.4, -0.2) is 9.55 Å². The quantitative estimate of drug-likeness (QED) is 0.773. The SMILES string of the molecule is CCCc1ccc(-n2c(N)nc3ccccc32)cc1. The number of imidazole rings is 1. The molecular formula is C16H17N3. The summed E-state index contributed by atoms with van der Waals surface area (Å²) < 4.78 is 1.99. The normalized spacial score (nSPS) is 11.0. The van der Waals surface area contributed by atoms with E-state index in [1.54, 1.807) is 0 Å². The van der Waals surface area contributed by atoms with Gasteiger partial charge in [0.05, 0.1) is 11.0 Å². The predicted molar refractivity (Wildman–Crippen MR) is 79.5 cm³/mol. The van der Waals surface area contributed by atoms with Crippen molar-refractivity contribution in [2.24, 2.45) is 0 Å². The van der Waals surface area contributed by atoms with Crippen LogP contribution in [0.25, 0.3) is 16.7 Å². The van der Waals surface area contributed by atoms with Gasteiger partial charge in [0.1, 0.15) is 0 Å². The maximum Gasteiger partial charge on any atom is 0.205 e. The van der Waals surface area contributed by atoms with Crippen molar-refractivity contribution < 1.29 is 0 Å². The zero-order valence-electron chi connectivity index (χ0n) is 11.0. The first-order chi connectivity index (χ1) is 9.29. The molecule has 0 spiro atoms. The van der Waals surface area contributed by atoms with E-state index in [2.05, 4.69) is 36.2 Å². The van der Waals surface area contributed by atoms with Gasteiger partial charge in [0.15, 0.2) is 0 Å². The van der Waals surface area contributed by atoms with Gasteiger partial charge in [0.2, 0.25) is 5.95 Å². The highest BCUT2D eigenvalue weighted by Gasteiger charge is 2.08. The van der Waals surface area contributed by atoms with E-state index in [1.165, 1.54) is 5.56 Å². The van der Waals surface area contributed by atoms with Crippen LogP contribution in [-0.2, 0) is 6.42 Å². The number of fused-ring (bicyclic) bond motifs is 1. The van der Waals surface area contributed by atoms with E-state index in [-0.39, 0.29) is 0 Å². The Hall–Kier alpha value is -2.29. The third-order valence-electron chi connectivity index (χ3n) is 3.32. The van der Waals surface area contributed by atoms with Gasteiger partial charge in [-0.1, -0.05) is 37.6 Å². The number of para-hydroxylation sites is 2. The van der Waals surface area contributed by atoms with Crippen LogP contribution in [0.15, 0.2) is 48.5 Å². The molecule has 0 saturated carbocycles. The minimum atomic E-state index is 0.532. The molecular weight excluding hydrogens is 234 g/mol. The molecule has 3 rings (SSSR count). The van der Waals surface area contributed by atoms with Crippen LogP contribution >= 0.6 is 0 Å². The van der Waals surface area contributed by atoms with Gasteiger partial charge in [-0.05, 0) is 36.2 Å². The van der Waals surface area contributed by atoms with Crippen molar-refractivity contribution in [2.45, 2.75) is 19.8 Å². The minimum Gasteiger partial charge on any atom is -0.369 e. The number of hydrogen-bond donors (Lipinski definition) is 1. The zero-order chi connectivity index (χ0) is 13.2. The molecule has 3 heteroatoms. The Morgan fingerprint density at radius 1 is 1.05 bits per heavy atom. The second-order valence-corrected chi connectivity index (χ2v) is 4.71. The van der Waals surface area contributed by atoms with Gasteiger partial charge in [0, 0.05) is 5.69 Å². The fourth-order valence-electron chi connectivity index (χ4n) is 2.42. The molecule has 0 bridgehead atoms. The Labute approximate surface area is 112 Å². The average molecular weight is 251 g/mol. The fourth-order valence-corrected chi connectivity index (χ4v) is 2.42. The van der Waals surface area contributed by atoms with Crippen LogP contribution in [0.5, 0.6) is 0 Å². The number of aryl methyl sites for hydroxylation is 1. The highest BCUT2D eigenvalue weighted by molar-refractivity contribution is 5.80. The Morgan fingerprint density at radius 2 is 1.79 bits per heavy atom. The van der Waals surface area contributed by atoms with Crippen molar-refractivity contribution in [3.63, 3.8) is 0 Å². The average Bonchev–Trinajstić information content (AvgIpc) is 2.76. The van der Waals surface area contributed by atoms with Gasteiger partial charge in [-0.25, -0.2) is 4.98 Å². The second kappa shape index (κ2) is 4.76. The standard InChI is InChI=1S/C16H17N3/c1-2-5-12-8-10-13(11-9-12)19-15-7-4-3-6-14(15)18-16(19)17/h3-4,6-11H,2,5H2,1H3,(H2,17,18). The Morgan fingerprint density at radius 3 is 2.53 bits per heavy atom. The first-order valence-corrected chi connectivity index (χ1v) is 6.62.